The summed E-state index contributed by atoms with van der Waals surface area (Å²) < 4.78 is 0. The van der Waals surface area contributed by atoms with Gasteiger partial charge in [0.25, 0.3) is 0 Å². The van der Waals surface area contributed by atoms with Gasteiger partial charge in [-0.3, -0.25) is 5.43 Å². The van der Waals surface area contributed by atoms with Gasteiger partial charge in [-0.25, -0.2) is 10.8 Å². The molecule has 0 aromatic carbocycles. The van der Waals surface area contributed by atoms with Crippen LogP contribution in [-0.4, -0.2) is 34.8 Å². The fourth-order valence-electron chi connectivity index (χ4n) is 1.87. The molecule has 0 saturated carbocycles. The molecular formula is C11H17N5OS. The number of likely N-dealkylation sites (N-methyl/N-ethyl adjacent to an activating group) is 1. The van der Waals surface area contributed by atoms with Gasteiger partial charge < -0.3 is 10.0 Å². The van der Waals surface area contributed by atoms with E-state index in [9.17, 15) is 0 Å². The molecule has 6 nitrogen and oxygen atoms in total. The van der Waals surface area contributed by atoms with E-state index in [2.05, 4.69) is 21.5 Å². The van der Waals surface area contributed by atoms with E-state index in [0.29, 0.717) is 12.5 Å². The van der Waals surface area contributed by atoms with Crippen molar-refractivity contribution in [3.05, 3.63) is 10.9 Å². The number of rotatable bonds is 5. The minimum absolute atomic E-state index is 0.0911. The molecule has 0 amide bonds. The molecule has 0 aliphatic heterocycles. The highest BCUT2D eigenvalue weighted by molar-refractivity contribution is 7.18. The molecule has 0 fully saturated rings. The lowest BCUT2D eigenvalue weighted by Crippen LogP contribution is -2.27. The standard InChI is InChI=1S/C11H17N5OS/c1-3-16(4-5-17)9-8-6-7(2)18-10(8)14-11(13-9)15-12/h6,17H,3-5,12H2,1-2H3,(H,13,14,15). The van der Waals surface area contributed by atoms with Crippen LogP contribution < -0.4 is 16.2 Å². The fraction of sp³-hybridized carbons (Fsp3) is 0.455. The van der Waals surface area contributed by atoms with Crippen LogP contribution in [0.4, 0.5) is 11.8 Å². The van der Waals surface area contributed by atoms with Gasteiger partial charge in [-0.2, -0.15) is 4.98 Å². The van der Waals surface area contributed by atoms with E-state index >= 15 is 0 Å². The summed E-state index contributed by atoms with van der Waals surface area (Å²) in [6.07, 6.45) is 0. The maximum atomic E-state index is 9.11. The molecule has 0 radical (unpaired) electrons. The van der Waals surface area contributed by atoms with Gasteiger partial charge in [0.05, 0.1) is 12.0 Å². The van der Waals surface area contributed by atoms with Gasteiger partial charge in [-0.1, -0.05) is 0 Å². The summed E-state index contributed by atoms with van der Waals surface area (Å²) in [6.45, 7) is 5.47. The topological polar surface area (TPSA) is 87.3 Å². The van der Waals surface area contributed by atoms with Crippen molar-refractivity contribution in [2.45, 2.75) is 13.8 Å². The van der Waals surface area contributed by atoms with Crippen molar-refractivity contribution in [2.24, 2.45) is 5.84 Å². The largest absolute Gasteiger partial charge is 0.395 e. The number of aliphatic hydroxyl groups is 1. The number of thiophene rings is 1. The van der Waals surface area contributed by atoms with Crippen molar-refractivity contribution in [1.82, 2.24) is 9.97 Å². The highest BCUT2D eigenvalue weighted by Crippen LogP contribution is 2.31. The van der Waals surface area contributed by atoms with Crippen LogP contribution in [0.1, 0.15) is 11.8 Å². The molecular weight excluding hydrogens is 250 g/mol. The van der Waals surface area contributed by atoms with Crippen molar-refractivity contribution in [3.63, 3.8) is 0 Å². The number of nitrogens with one attached hydrogen (secondary N) is 1. The van der Waals surface area contributed by atoms with Gasteiger partial charge in [0.1, 0.15) is 10.6 Å². The Morgan fingerprint density at radius 1 is 1.50 bits per heavy atom. The zero-order valence-electron chi connectivity index (χ0n) is 10.5. The van der Waals surface area contributed by atoms with Crippen molar-refractivity contribution in [2.75, 3.05) is 30.0 Å². The number of fused-ring (bicyclic) bond motifs is 1. The van der Waals surface area contributed by atoms with E-state index in [0.717, 1.165) is 22.6 Å². The quantitative estimate of drug-likeness (QED) is 0.555. The minimum Gasteiger partial charge on any atom is -0.395 e. The molecule has 0 saturated heterocycles. The second-order valence-electron chi connectivity index (χ2n) is 3.89. The summed E-state index contributed by atoms with van der Waals surface area (Å²) in [5.41, 5.74) is 2.49. The van der Waals surface area contributed by atoms with Gasteiger partial charge in [0, 0.05) is 18.0 Å². The molecule has 2 rings (SSSR count). The summed E-state index contributed by atoms with van der Waals surface area (Å²) in [7, 11) is 0. The van der Waals surface area contributed by atoms with E-state index in [1.807, 2.05) is 18.7 Å². The highest BCUT2D eigenvalue weighted by Gasteiger charge is 2.14. The van der Waals surface area contributed by atoms with Gasteiger partial charge in [-0.05, 0) is 19.9 Å². The molecule has 7 heteroatoms. The predicted octanol–water partition coefficient (Wildman–Crippen LogP) is 1.10. The van der Waals surface area contributed by atoms with Crippen LogP contribution in [0, 0.1) is 6.92 Å². The van der Waals surface area contributed by atoms with Gasteiger partial charge in [-0.15, -0.1) is 11.3 Å². The van der Waals surface area contributed by atoms with Crippen LogP contribution in [0.15, 0.2) is 6.07 Å². The normalized spacial score (nSPS) is 10.9. The number of hydrogen-bond acceptors (Lipinski definition) is 7. The van der Waals surface area contributed by atoms with E-state index < -0.39 is 0 Å². The molecule has 98 valence electrons. The Kier molecular flexibility index (Phi) is 3.95. The molecule has 0 aliphatic carbocycles. The summed E-state index contributed by atoms with van der Waals surface area (Å²) >= 11 is 1.61. The Morgan fingerprint density at radius 2 is 2.28 bits per heavy atom. The Hall–Kier alpha value is -1.44. The predicted molar refractivity (Wildman–Crippen MR) is 74.9 cm³/mol. The van der Waals surface area contributed by atoms with Crippen molar-refractivity contribution < 1.29 is 5.11 Å². The first kappa shape index (κ1) is 13.0. The lowest BCUT2D eigenvalue weighted by molar-refractivity contribution is 0.302. The van der Waals surface area contributed by atoms with Crippen LogP contribution in [0.5, 0.6) is 0 Å². The van der Waals surface area contributed by atoms with E-state index in [-0.39, 0.29) is 6.61 Å². The number of hydrogen-bond donors (Lipinski definition) is 3. The number of nitrogen functional groups attached to an aromatic ring is 1. The highest BCUT2D eigenvalue weighted by atomic mass is 32.1. The van der Waals surface area contributed by atoms with E-state index in [1.54, 1.807) is 11.3 Å². The third-order valence-corrected chi connectivity index (χ3v) is 3.62. The zero-order chi connectivity index (χ0) is 13.1. The average molecular weight is 267 g/mol. The number of nitrogens with two attached hydrogens (primary N) is 1. The third-order valence-electron chi connectivity index (χ3n) is 2.68. The second kappa shape index (κ2) is 5.47. The van der Waals surface area contributed by atoms with Gasteiger partial charge >= 0.3 is 0 Å². The number of nitrogens with zero attached hydrogens (tertiary/aromatic N) is 3. The fourth-order valence-corrected chi connectivity index (χ4v) is 2.74. The summed E-state index contributed by atoms with van der Waals surface area (Å²) in [5, 5.41) is 10.1. The van der Waals surface area contributed by atoms with Crippen molar-refractivity contribution in [1.29, 1.82) is 0 Å². The van der Waals surface area contributed by atoms with Crippen molar-refractivity contribution in [3.8, 4) is 0 Å². The molecule has 0 atom stereocenters. The first-order valence-electron chi connectivity index (χ1n) is 5.80. The van der Waals surface area contributed by atoms with E-state index in [4.69, 9.17) is 10.9 Å². The van der Waals surface area contributed by atoms with Gasteiger partial charge in [0.15, 0.2) is 0 Å². The monoisotopic (exact) mass is 267 g/mol. The first-order valence-corrected chi connectivity index (χ1v) is 6.61. The maximum Gasteiger partial charge on any atom is 0.240 e. The summed E-state index contributed by atoms with van der Waals surface area (Å²) in [6, 6.07) is 2.07. The number of hydrazine groups is 1. The zero-order valence-corrected chi connectivity index (χ0v) is 11.3. The lowest BCUT2D eigenvalue weighted by Gasteiger charge is -2.21. The number of aryl methyl sites for hydroxylation is 1. The summed E-state index contributed by atoms with van der Waals surface area (Å²) in [5.74, 6) is 6.61. The van der Waals surface area contributed by atoms with Gasteiger partial charge in [0.2, 0.25) is 5.95 Å². The van der Waals surface area contributed by atoms with Crippen LogP contribution in [0.3, 0.4) is 0 Å². The smallest absolute Gasteiger partial charge is 0.240 e. The molecule has 4 N–H and O–H groups in total. The van der Waals surface area contributed by atoms with Crippen LogP contribution >= 0.6 is 11.3 Å². The molecule has 2 heterocycles. The molecule has 2 aromatic rings. The summed E-state index contributed by atoms with van der Waals surface area (Å²) in [4.78, 5) is 12.8. The Labute approximate surface area is 109 Å². The molecule has 0 bridgehead atoms. The SMILES string of the molecule is CCN(CCO)c1nc(NN)nc2sc(C)cc12. The van der Waals surface area contributed by atoms with Crippen LogP contribution in [0.25, 0.3) is 10.2 Å². The number of anilines is 2. The molecule has 2 aromatic heterocycles. The molecule has 0 aliphatic rings. The van der Waals surface area contributed by atoms with Crippen LogP contribution in [0.2, 0.25) is 0 Å². The minimum atomic E-state index is 0.0911. The Balaban J connectivity index is 2.58. The maximum absolute atomic E-state index is 9.11. The number of aliphatic hydroxyl groups excluding tert-OH is 1. The Morgan fingerprint density at radius 3 is 2.89 bits per heavy atom. The molecule has 0 spiro atoms. The first-order chi connectivity index (χ1) is 8.69. The lowest BCUT2D eigenvalue weighted by atomic mass is 10.3. The average Bonchev–Trinajstić information content (AvgIpc) is 2.75. The second-order valence-corrected chi connectivity index (χ2v) is 5.13. The third kappa shape index (κ3) is 2.38. The molecule has 0 unspecified atom stereocenters. The Bertz CT molecular complexity index is 541. The number of aromatic nitrogens is 2. The molecule has 18 heavy (non-hydrogen) atoms. The van der Waals surface area contributed by atoms with E-state index in [1.165, 1.54) is 4.88 Å². The van der Waals surface area contributed by atoms with Crippen LogP contribution in [-0.2, 0) is 0 Å². The van der Waals surface area contributed by atoms with Crippen molar-refractivity contribution >= 4 is 33.3 Å².